The van der Waals surface area contributed by atoms with Crippen LogP contribution >= 0.6 is 0 Å². The van der Waals surface area contributed by atoms with Gasteiger partial charge in [0.2, 0.25) is 0 Å². The lowest BCUT2D eigenvalue weighted by Crippen LogP contribution is -2.40. The van der Waals surface area contributed by atoms with Crippen LogP contribution in [0, 0.1) is 6.92 Å². The molecular weight excluding hydrogens is 316 g/mol. The Morgan fingerprint density at radius 3 is 3.00 bits per heavy atom. The molecule has 0 aromatic carbocycles. The van der Waals surface area contributed by atoms with E-state index in [1.807, 2.05) is 23.9 Å². The smallest absolute Gasteiger partial charge is 0.253 e. The van der Waals surface area contributed by atoms with Crippen LogP contribution in [0.3, 0.4) is 0 Å². The van der Waals surface area contributed by atoms with Crippen molar-refractivity contribution in [1.82, 2.24) is 29.6 Å². The fraction of sp³-hybridized carbons (Fsp3) is 0.444. The maximum atomic E-state index is 12.6. The first-order chi connectivity index (χ1) is 12.0. The van der Waals surface area contributed by atoms with E-state index in [1.54, 1.807) is 12.4 Å². The lowest BCUT2D eigenvalue weighted by atomic mass is 10.1. The molecule has 7 heteroatoms. The minimum absolute atomic E-state index is 0.0861. The van der Waals surface area contributed by atoms with E-state index >= 15 is 0 Å². The van der Waals surface area contributed by atoms with Crippen molar-refractivity contribution in [2.45, 2.75) is 52.2 Å². The Kier molecular flexibility index (Phi) is 3.78. The summed E-state index contributed by atoms with van der Waals surface area (Å²) in [5, 5.41) is 8.36. The Morgan fingerprint density at radius 1 is 1.36 bits per heavy atom. The number of carbonyl (C=O) groups excluding carboxylic acids is 1. The van der Waals surface area contributed by atoms with Crippen molar-refractivity contribution in [1.29, 1.82) is 0 Å². The summed E-state index contributed by atoms with van der Waals surface area (Å²) < 4.78 is 4.00. The zero-order chi connectivity index (χ0) is 17.6. The van der Waals surface area contributed by atoms with Gasteiger partial charge in [0.15, 0.2) is 5.65 Å². The fourth-order valence-corrected chi connectivity index (χ4v) is 3.42. The summed E-state index contributed by atoms with van der Waals surface area (Å²) in [6.07, 6.45) is 7.23. The van der Waals surface area contributed by atoms with Crippen LogP contribution in [-0.2, 0) is 13.0 Å². The third-order valence-electron chi connectivity index (χ3n) is 4.63. The number of amides is 1. The van der Waals surface area contributed by atoms with E-state index in [0.29, 0.717) is 5.56 Å². The highest BCUT2D eigenvalue weighted by Gasteiger charge is 2.22. The summed E-state index contributed by atoms with van der Waals surface area (Å²) in [6, 6.07) is 2.21. The highest BCUT2D eigenvalue weighted by atomic mass is 16.1. The lowest BCUT2D eigenvalue weighted by Gasteiger charge is -2.24. The van der Waals surface area contributed by atoms with Crippen molar-refractivity contribution >= 4 is 16.9 Å². The highest BCUT2D eigenvalue weighted by Crippen LogP contribution is 2.18. The van der Waals surface area contributed by atoms with Gasteiger partial charge in [-0.15, -0.1) is 0 Å². The summed E-state index contributed by atoms with van der Waals surface area (Å²) in [5.41, 5.74) is 2.41. The zero-order valence-electron chi connectivity index (χ0n) is 14.7. The van der Waals surface area contributed by atoms with Gasteiger partial charge in [0.05, 0.1) is 17.5 Å². The zero-order valence-corrected chi connectivity index (χ0v) is 14.7. The number of aryl methyl sites for hydroxylation is 2. The van der Waals surface area contributed by atoms with Crippen LogP contribution in [0.4, 0.5) is 0 Å². The van der Waals surface area contributed by atoms with E-state index in [9.17, 15) is 4.79 Å². The average Bonchev–Trinajstić information content (AvgIpc) is 3.15. The van der Waals surface area contributed by atoms with Gasteiger partial charge in [-0.1, -0.05) is 0 Å². The van der Waals surface area contributed by atoms with Crippen LogP contribution in [0.2, 0.25) is 0 Å². The standard InChI is InChI=1S/C18H22N6O/c1-11(2)24-17-13(8-20-24)6-14(7-19-17)18(25)22-15-4-5-16-21-12(3)9-23(16)10-15/h6-9,11,15H,4-5,10H2,1-3H3,(H,22,25)/t15-/m1/s1. The molecule has 1 N–H and O–H groups in total. The van der Waals surface area contributed by atoms with E-state index in [0.717, 1.165) is 41.9 Å². The molecule has 0 fully saturated rings. The number of aromatic nitrogens is 5. The first kappa shape index (κ1) is 15.8. The number of hydrogen-bond acceptors (Lipinski definition) is 4. The van der Waals surface area contributed by atoms with E-state index in [2.05, 4.69) is 38.8 Å². The molecule has 25 heavy (non-hydrogen) atoms. The molecule has 0 spiro atoms. The SMILES string of the molecule is Cc1cn2c(n1)CC[C@@H](NC(=O)c1cnc3c(cnn3C(C)C)c1)C2. The molecule has 1 amide bonds. The van der Waals surface area contributed by atoms with Gasteiger partial charge < -0.3 is 9.88 Å². The maximum Gasteiger partial charge on any atom is 0.253 e. The van der Waals surface area contributed by atoms with Crippen molar-refractivity contribution in [3.8, 4) is 0 Å². The molecule has 130 valence electrons. The second kappa shape index (κ2) is 5.98. The monoisotopic (exact) mass is 338 g/mol. The molecule has 1 atom stereocenters. The molecule has 0 aliphatic carbocycles. The molecule has 0 radical (unpaired) electrons. The molecule has 0 unspecified atom stereocenters. The number of hydrogen-bond donors (Lipinski definition) is 1. The fourth-order valence-electron chi connectivity index (χ4n) is 3.42. The summed E-state index contributed by atoms with van der Waals surface area (Å²) >= 11 is 0. The van der Waals surface area contributed by atoms with Gasteiger partial charge in [-0.25, -0.2) is 14.6 Å². The van der Waals surface area contributed by atoms with Crippen LogP contribution in [0.1, 0.15) is 48.2 Å². The number of nitrogens with zero attached hydrogens (tertiary/aromatic N) is 5. The lowest BCUT2D eigenvalue weighted by molar-refractivity contribution is 0.0927. The molecule has 4 rings (SSSR count). The highest BCUT2D eigenvalue weighted by molar-refractivity contribution is 5.97. The van der Waals surface area contributed by atoms with Gasteiger partial charge >= 0.3 is 0 Å². The number of nitrogens with one attached hydrogen (secondary N) is 1. The largest absolute Gasteiger partial charge is 0.347 e. The van der Waals surface area contributed by atoms with Gasteiger partial charge in [0.1, 0.15) is 5.82 Å². The van der Waals surface area contributed by atoms with Crippen LogP contribution in [0.25, 0.3) is 11.0 Å². The van der Waals surface area contributed by atoms with E-state index in [1.165, 1.54) is 0 Å². The Bertz CT molecular complexity index is 938. The van der Waals surface area contributed by atoms with Gasteiger partial charge in [0.25, 0.3) is 5.91 Å². The third kappa shape index (κ3) is 2.90. The second-order valence-corrected chi connectivity index (χ2v) is 6.98. The number of rotatable bonds is 3. The molecular formula is C18H22N6O. The first-order valence-electron chi connectivity index (χ1n) is 8.68. The Morgan fingerprint density at radius 2 is 2.20 bits per heavy atom. The van der Waals surface area contributed by atoms with Gasteiger partial charge in [0, 0.05) is 42.8 Å². The third-order valence-corrected chi connectivity index (χ3v) is 4.63. The topological polar surface area (TPSA) is 77.6 Å². The van der Waals surface area contributed by atoms with E-state index < -0.39 is 0 Å². The number of fused-ring (bicyclic) bond motifs is 2. The molecule has 1 aliphatic rings. The molecule has 3 aromatic rings. The summed E-state index contributed by atoms with van der Waals surface area (Å²) in [6.45, 7) is 6.88. The van der Waals surface area contributed by atoms with Gasteiger partial charge in [-0.3, -0.25) is 4.79 Å². The first-order valence-corrected chi connectivity index (χ1v) is 8.68. The Hall–Kier alpha value is -2.70. The second-order valence-electron chi connectivity index (χ2n) is 6.98. The minimum atomic E-state index is -0.0861. The molecule has 4 heterocycles. The molecule has 0 saturated carbocycles. The minimum Gasteiger partial charge on any atom is -0.347 e. The molecule has 7 nitrogen and oxygen atoms in total. The molecule has 3 aromatic heterocycles. The average molecular weight is 338 g/mol. The van der Waals surface area contributed by atoms with Crippen molar-refractivity contribution in [2.24, 2.45) is 0 Å². The normalized spacial score (nSPS) is 17.0. The van der Waals surface area contributed by atoms with Crippen LogP contribution in [0.15, 0.2) is 24.7 Å². The molecule has 0 saturated heterocycles. The predicted molar refractivity (Wildman–Crippen MR) is 94.5 cm³/mol. The number of imidazole rings is 1. The molecule has 1 aliphatic heterocycles. The predicted octanol–water partition coefficient (Wildman–Crippen LogP) is 2.26. The van der Waals surface area contributed by atoms with Crippen molar-refractivity contribution in [3.63, 3.8) is 0 Å². The maximum absolute atomic E-state index is 12.6. The Labute approximate surface area is 146 Å². The van der Waals surface area contributed by atoms with E-state index in [-0.39, 0.29) is 18.0 Å². The summed E-state index contributed by atoms with van der Waals surface area (Å²) in [4.78, 5) is 21.6. The van der Waals surface area contributed by atoms with Crippen LogP contribution in [-0.4, -0.2) is 36.3 Å². The summed E-state index contributed by atoms with van der Waals surface area (Å²) in [7, 11) is 0. The quantitative estimate of drug-likeness (QED) is 0.795. The van der Waals surface area contributed by atoms with Crippen molar-refractivity contribution in [3.05, 3.63) is 41.7 Å². The molecule has 0 bridgehead atoms. The van der Waals surface area contributed by atoms with Gasteiger partial charge in [-0.2, -0.15) is 5.10 Å². The van der Waals surface area contributed by atoms with E-state index in [4.69, 9.17) is 0 Å². The Balaban J connectivity index is 1.51. The van der Waals surface area contributed by atoms with Crippen molar-refractivity contribution < 1.29 is 4.79 Å². The number of carbonyl (C=O) groups is 1. The summed E-state index contributed by atoms with van der Waals surface area (Å²) in [5.74, 6) is 1.02. The number of pyridine rings is 1. The van der Waals surface area contributed by atoms with Gasteiger partial charge in [-0.05, 0) is 33.3 Å². The van der Waals surface area contributed by atoms with Crippen LogP contribution in [0.5, 0.6) is 0 Å². The van der Waals surface area contributed by atoms with Crippen LogP contribution < -0.4 is 5.32 Å². The van der Waals surface area contributed by atoms with Crippen molar-refractivity contribution in [2.75, 3.05) is 0 Å².